The van der Waals surface area contributed by atoms with Crippen molar-refractivity contribution < 1.29 is 5.11 Å². The molecule has 0 saturated heterocycles. The molecule has 8 heteroatoms. The van der Waals surface area contributed by atoms with Gasteiger partial charge in [0.1, 0.15) is 0 Å². The first kappa shape index (κ1) is 12.7. The number of nitrogens with zero attached hydrogens (tertiary/aromatic N) is 5. The van der Waals surface area contributed by atoms with Crippen molar-refractivity contribution in [3.05, 3.63) is 23.7 Å². The quantitative estimate of drug-likeness (QED) is 0.837. The van der Waals surface area contributed by atoms with Crippen molar-refractivity contribution in [2.45, 2.75) is 19.4 Å². The van der Waals surface area contributed by atoms with Crippen molar-refractivity contribution in [3.8, 4) is 5.95 Å². The number of aromatic nitrogens is 5. The minimum absolute atomic E-state index is 0.0407. The van der Waals surface area contributed by atoms with Gasteiger partial charge >= 0.3 is 0 Å². The van der Waals surface area contributed by atoms with E-state index in [9.17, 15) is 0 Å². The lowest BCUT2D eigenvalue weighted by atomic mass is 10.2. The zero-order valence-corrected chi connectivity index (χ0v) is 10.5. The molecule has 0 saturated carbocycles. The maximum Gasteiger partial charge on any atom is 0.256 e. The fraction of sp³-hybridized carbons (Fsp3) is 0.400. The van der Waals surface area contributed by atoms with Gasteiger partial charge in [0.2, 0.25) is 11.2 Å². The van der Waals surface area contributed by atoms with Gasteiger partial charge in [0.15, 0.2) is 0 Å². The zero-order valence-electron chi connectivity index (χ0n) is 9.78. The highest BCUT2D eigenvalue weighted by Crippen LogP contribution is 2.10. The SMILES string of the molecule is CC(CCO)Nc1nc(Cl)nc(-n2cccn2)n1. The molecule has 2 aromatic heterocycles. The highest BCUT2D eigenvalue weighted by Gasteiger charge is 2.09. The molecule has 0 aliphatic carbocycles. The summed E-state index contributed by atoms with van der Waals surface area (Å²) in [5, 5.41) is 16.0. The molecular weight excluding hydrogens is 256 g/mol. The van der Waals surface area contributed by atoms with E-state index in [1.165, 1.54) is 4.68 Å². The van der Waals surface area contributed by atoms with E-state index in [4.69, 9.17) is 16.7 Å². The van der Waals surface area contributed by atoms with Gasteiger partial charge in [-0.05, 0) is 31.0 Å². The average Bonchev–Trinajstić information content (AvgIpc) is 2.81. The van der Waals surface area contributed by atoms with Gasteiger partial charge in [-0.2, -0.15) is 20.1 Å². The van der Waals surface area contributed by atoms with Gasteiger partial charge in [-0.25, -0.2) is 4.68 Å². The Kier molecular flexibility index (Phi) is 4.06. The van der Waals surface area contributed by atoms with Crippen LogP contribution in [-0.2, 0) is 0 Å². The predicted molar refractivity (Wildman–Crippen MR) is 66.7 cm³/mol. The molecule has 0 aliphatic rings. The molecule has 18 heavy (non-hydrogen) atoms. The van der Waals surface area contributed by atoms with Crippen LogP contribution in [0.4, 0.5) is 5.95 Å². The Bertz CT molecular complexity index is 503. The first-order valence-corrected chi connectivity index (χ1v) is 5.86. The third-order valence-corrected chi connectivity index (χ3v) is 2.41. The molecule has 1 atom stereocenters. The molecule has 0 radical (unpaired) electrons. The monoisotopic (exact) mass is 268 g/mol. The standard InChI is InChI=1S/C10H13ClN6O/c1-7(3-6-18)13-9-14-8(11)15-10(16-9)17-5-2-4-12-17/h2,4-5,7,18H,3,6H2,1H3,(H,13,14,15,16). The molecule has 2 heterocycles. The van der Waals surface area contributed by atoms with Gasteiger partial charge in [-0.15, -0.1) is 0 Å². The smallest absolute Gasteiger partial charge is 0.256 e. The van der Waals surface area contributed by atoms with Crippen molar-refractivity contribution in [2.24, 2.45) is 0 Å². The topological polar surface area (TPSA) is 88.8 Å². The van der Waals surface area contributed by atoms with Crippen LogP contribution in [0.25, 0.3) is 5.95 Å². The summed E-state index contributed by atoms with van der Waals surface area (Å²) in [6.45, 7) is 2.01. The number of anilines is 1. The Morgan fingerprint density at radius 2 is 2.28 bits per heavy atom. The van der Waals surface area contributed by atoms with E-state index < -0.39 is 0 Å². The molecule has 2 aromatic rings. The summed E-state index contributed by atoms with van der Waals surface area (Å²) in [5.41, 5.74) is 0. The van der Waals surface area contributed by atoms with Crippen LogP contribution >= 0.6 is 11.6 Å². The molecule has 1 unspecified atom stereocenters. The normalized spacial score (nSPS) is 12.4. The lowest BCUT2D eigenvalue weighted by Gasteiger charge is -2.12. The van der Waals surface area contributed by atoms with Crippen molar-refractivity contribution in [3.63, 3.8) is 0 Å². The summed E-state index contributed by atoms with van der Waals surface area (Å²) >= 11 is 5.83. The van der Waals surface area contributed by atoms with E-state index in [0.717, 1.165) is 0 Å². The number of halogens is 1. The first-order valence-electron chi connectivity index (χ1n) is 5.48. The van der Waals surface area contributed by atoms with E-state index in [2.05, 4.69) is 25.4 Å². The molecule has 2 N–H and O–H groups in total. The molecular formula is C10H13ClN6O. The first-order chi connectivity index (χ1) is 8.69. The Morgan fingerprint density at radius 1 is 1.44 bits per heavy atom. The van der Waals surface area contributed by atoms with Gasteiger partial charge < -0.3 is 10.4 Å². The fourth-order valence-corrected chi connectivity index (χ4v) is 1.54. The third-order valence-electron chi connectivity index (χ3n) is 2.24. The zero-order chi connectivity index (χ0) is 13.0. The van der Waals surface area contributed by atoms with Gasteiger partial charge in [-0.1, -0.05) is 0 Å². The van der Waals surface area contributed by atoms with Crippen LogP contribution in [0.2, 0.25) is 5.28 Å². The van der Waals surface area contributed by atoms with Crippen LogP contribution in [-0.4, -0.2) is 42.5 Å². The van der Waals surface area contributed by atoms with Crippen LogP contribution in [0, 0.1) is 0 Å². The Balaban J connectivity index is 2.22. The molecule has 2 rings (SSSR count). The van der Waals surface area contributed by atoms with Crippen molar-refractivity contribution >= 4 is 17.5 Å². The molecule has 0 aromatic carbocycles. The summed E-state index contributed by atoms with van der Waals surface area (Å²) in [5.74, 6) is 0.708. The molecule has 0 aliphatic heterocycles. The molecule has 0 bridgehead atoms. The molecule has 96 valence electrons. The lowest BCUT2D eigenvalue weighted by molar-refractivity contribution is 0.282. The minimum atomic E-state index is 0.0407. The highest BCUT2D eigenvalue weighted by molar-refractivity contribution is 6.28. The number of aliphatic hydroxyl groups is 1. The second-order valence-corrected chi connectivity index (χ2v) is 4.07. The van der Waals surface area contributed by atoms with Crippen molar-refractivity contribution in [1.29, 1.82) is 0 Å². The highest BCUT2D eigenvalue weighted by atomic mass is 35.5. The van der Waals surface area contributed by atoms with Crippen LogP contribution in [0.1, 0.15) is 13.3 Å². The fourth-order valence-electron chi connectivity index (χ4n) is 1.38. The molecule has 0 fully saturated rings. The van der Waals surface area contributed by atoms with Crippen LogP contribution in [0.3, 0.4) is 0 Å². The maximum atomic E-state index is 8.84. The summed E-state index contributed by atoms with van der Waals surface area (Å²) in [6, 6.07) is 1.80. The Morgan fingerprint density at radius 3 is 2.94 bits per heavy atom. The van der Waals surface area contributed by atoms with E-state index >= 15 is 0 Å². The van der Waals surface area contributed by atoms with Gasteiger partial charge in [0.25, 0.3) is 5.95 Å². The number of nitrogens with one attached hydrogen (secondary N) is 1. The molecule has 7 nitrogen and oxygen atoms in total. The van der Waals surface area contributed by atoms with E-state index in [1.807, 2.05) is 6.92 Å². The number of hydrogen-bond acceptors (Lipinski definition) is 6. The minimum Gasteiger partial charge on any atom is -0.396 e. The van der Waals surface area contributed by atoms with E-state index in [-0.39, 0.29) is 17.9 Å². The lowest BCUT2D eigenvalue weighted by Crippen LogP contribution is -2.19. The number of aliphatic hydroxyl groups excluding tert-OH is 1. The van der Waals surface area contributed by atoms with E-state index in [0.29, 0.717) is 18.3 Å². The number of rotatable bonds is 5. The largest absolute Gasteiger partial charge is 0.396 e. The molecule has 0 spiro atoms. The van der Waals surface area contributed by atoms with Crippen LogP contribution in [0.15, 0.2) is 18.5 Å². The van der Waals surface area contributed by atoms with E-state index in [1.54, 1.807) is 18.5 Å². The maximum absolute atomic E-state index is 8.84. The average molecular weight is 269 g/mol. The summed E-state index contributed by atoms with van der Waals surface area (Å²) in [6.07, 6.45) is 3.94. The Labute approximate surface area is 109 Å². The summed E-state index contributed by atoms with van der Waals surface area (Å²) in [7, 11) is 0. The van der Waals surface area contributed by atoms with Crippen molar-refractivity contribution in [1.82, 2.24) is 24.7 Å². The van der Waals surface area contributed by atoms with Crippen LogP contribution < -0.4 is 5.32 Å². The van der Waals surface area contributed by atoms with Crippen LogP contribution in [0.5, 0.6) is 0 Å². The Hall–Kier alpha value is -1.73. The predicted octanol–water partition coefficient (Wildman–Crippen LogP) is 0.893. The van der Waals surface area contributed by atoms with Gasteiger partial charge in [-0.3, -0.25) is 0 Å². The second-order valence-electron chi connectivity index (χ2n) is 3.74. The number of hydrogen-bond donors (Lipinski definition) is 2. The van der Waals surface area contributed by atoms with Gasteiger partial charge in [0, 0.05) is 25.0 Å². The second kappa shape index (κ2) is 5.74. The third kappa shape index (κ3) is 3.14. The summed E-state index contributed by atoms with van der Waals surface area (Å²) in [4.78, 5) is 12.2. The van der Waals surface area contributed by atoms with Crippen molar-refractivity contribution in [2.75, 3.05) is 11.9 Å². The molecule has 0 amide bonds. The summed E-state index contributed by atoms with van der Waals surface area (Å²) < 4.78 is 1.50. The van der Waals surface area contributed by atoms with Gasteiger partial charge in [0.05, 0.1) is 0 Å².